The molecule has 1 saturated heterocycles. The van der Waals surface area contributed by atoms with Crippen LogP contribution in [0.2, 0.25) is 0 Å². The molecule has 3 unspecified atom stereocenters. The van der Waals surface area contributed by atoms with Gasteiger partial charge in [0, 0.05) is 18.6 Å². The van der Waals surface area contributed by atoms with Crippen LogP contribution in [0.4, 0.5) is 0 Å². The van der Waals surface area contributed by atoms with E-state index in [9.17, 15) is 0 Å². The second-order valence-electron chi connectivity index (χ2n) is 4.46. The van der Waals surface area contributed by atoms with E-state index in [1.54, 1.807) is 0 Å². The standard InChI is InChI=1S/C12H25NO2/c1-3-5-11(13)12(4-2)15-9-10-6-7-14-8-10/h10-12H,3-9,13H2,1-2H3. The summed E-state index contributed by atoms with van der Waals surface area (Å²) in [5, 5.41) is 0. The van der Waals surface area contributed by atoms with Gasteiger partial charge in [-0.3, -0.25) is 0 Å². The molecule has 0 spiro atoms. The van der Waals surface area contributed by atoms with Gasteiger partial charge in [0.2, 0.25) is 0 Å². The SMILES string of the molecule is CCCC(N)C(CC)OCC1CCOC1. The van der Waals surface area contributed by atoms with Crippen LogP contribution in [-0.2, 0) is 9.47 Å². The number of hydrogen-bond acceptors (Lipinski definition) is 3. The van der Waals surface area contributed by atoms with Crippen LogP contribution < -0.4 is 5.73 Å². The van der Waals surface area contributed by atoms with Crippen LogP contribution in [-0.4, -0.2) is 32.0 Å². The molecule has 1 heterocycles. The molecule has 1 rings (SSSR count). The Labute approximate surface area is 93.3 Å². The highest BCUT2D eigenvalue weighted by atomic mass is 16.5. The summed E-state index contributed by atoms with van der Waals surface area (Å²) in [6.07, 6.45) is 4.56. The fourth-order valence-electron chi connectivity index (χ4n) is 2.04. The first kappa shape index (κ1) is 12.9. The maximum atomic E-state index is 6.07. The Morgan fingerprint density at radius 1 is 1.47 bits per heavy atom. The van der Waals surface area contributed by atoms with Gasteiger partial charge in [-0.15, -0.1) is 0 Å². The molecule has 90 valence electrons. The summed E-state index contributed by atoms with van der Waals surface area (Å²) in [5.74, 6) is 0.591. The van der Waals surface area contributed by atoms with Crippen LogP contribution in [0.5, 0.6) is 0 Å². The van der Waals surface area contributed by atoms with E-state index in [0.29, 0.717) is 5.92 Å². The minimum absolute atomic E-state index is 0.197. The largest absolute Gasteiger partial charge is 0.381 e. The highest BCUT2D eigenvalue weighted by Gasteiger charge is 2.20. The van der Waals surface area contributed by atoms with E-state index in [2.05, 4.69) is 13.8 Å². The zero-order valence-electron chi connectivity index (χ0n) is 10.1. The lowest BCUT2D eigenvalue weighted by molar-refractivity contribution is 0.00801. The summed E-state index contributed by atoms with van der Waals surface area (Å²) < 4.78 is 11.2. The fourth-order valence-corrected chi connectivity index (χ4v) is 2.04. The van der Waals surface area contributed by atoms with E-state index in [0.717, 1.165) is 45.5 Å². The minimum Gasteiger partial charge on any atom is -0.381 e. The van der Waals surface area contributed by atoms with Crippen molar-refractivity contribution >= 4 is 0 Å². The first-order valence-corrected chi connectivity index (χ1v) is 6.22. The van der Waals surface area contributed by atoms with Gasteiger partial charge in [-0.1, -0.05) is 20.3 Å². The van der Waals surface area contributed by atoms with Gasteiger partial charge in [-0.25, -0.2) is 0 Å². The maximum Gasteiger partial charge on any atom is 0.0723 e. The molecule has 0 amide bonds. The molecule has 0 bridgehead atoms. The first-order chi connectivity index (χ1) is 7.27. The Morgan fingerprint density at radius 2 is 2.27 bits per heavy atom. The molecule has 0 radical (unpaired) electrons. The molecule has 3 nitrogen and oxygen atoms in total. The summed E-state index contributed by atoms with van der Waals surface area (Å²) in [6.45, 7) is 6.88. The van der Waals surface area contributed by atoms with Crippen molar-refractivity contribution in [2.45, 2.75) is 51.7 Å². The monoisotopic (exact) mass is 215 g/mol. The smallest absolute Gasteiger partial charge is 0.0723 e. The Morgan fingerprint density at radius 3 is 2.80 bits per heavy atom. The molecule has 3 heteroatoms. The number of nitrogens with two attached hydrogens (primary N) is 1. The second-order valence-corrected chi connectivity index (χ2v) is 4.46. The van der Waals surface area contributed by atoms with Gasteiger partial charge in [-0.2, -0.15) is 0 Å². The Kier molecular flexibility index (Phi) is 6.22. The summed E-state index contributed by atoms with van der Waals surface area (Å²) >= 11 is 0. The van der Waals surface area contributed by atoms with Crippen molar-refractivity contribution in [2.24, 2.45) is 11.7 Å². The molecular formula is C12H25NO2. The molecule has 0 saturated carbocycles. The average molecular weight is 215 g/mol. The lowest BCUT2D eigenvalue weighted by atomic mass is 10.0. The van der Waals surface area contributed by atoms with Crippen LogP contribution in [0.15, 0.2) is 0 Å². The summed E-state index contributed by atoms with van der Waals surface area (Å²) in [7, 11) is 0. The van der Waals surface area contributed by atoms with Crippen molar-refractivity contribution in [1.82, 2.24) is 0 Å². The van der Waals surface area contributed by atoms with E-state index in [1.165, 1.54) is 0 Å². The van der Waals surface area contributed by atoms with Gasteiger partial charge in [0.25, 0.3) is 0 Å². The highest BCUT2D eigenvalue weighted by molar-refractivity contribution is 4.73. The first-order valence-electron chi connectivity index (χ1n) is 6.22. The van der Waals surface area contributed by atoms with Crippen molar-refractivity contribution in [3.8, 4) is 0 Å². The van der Waals surface area contributed by atoms with Crippen LogP contribution >= 0.6 is 0 Å². The van der Waals surface area contributed by atoms with E-state index in [4.69, 9.17) is 15.2 Å². The van der Waals surface area contributed by atoms with E-state index in [-0.39, 0.29) is 12.1 Å². The average Bonchev–Trinajstić information content (AvgIpc) is 2.72. The third-order valence-electron chi connectivity index (χ3n) is 3.07. The summed E-state index contributed by atoms with van der Waals surface area (Å²) in [5.41, 5.74) is 6.07. The molecule has 0 aromatic heterocycles. The van der Waals surface area contributed by atoms with Crippen molar-refractivity contribution in [3.63, 3.8) is 0 Å². The minimum atomic E-state index is 0.197. The second kappa shape index (κ2) is 7.20. The number of rotatable bonds is 7. The van der Waals surface area contributed by atoms with Crippen LogP contribution in [0.3, 0.4) is 0 Å². The van der Waals surface area contributed by atoms with Crippen molar-refractivity contribution < 1.29 is 9.47 Å². The fraction of sp³-hybridized carbons (Fsp3) is 1.00. The van der Waals surface area contributed by atoms with E-state index in [1.807, 2.05) is 0 Å². The lowest BCUT2D eigenvalue weighted by Gasteiger charge is -2.24. The molecule has 1 aliphatic heterocycles. The Hall–Kier alpha value is -0.120. The van der Waals surface area contributed by atoms with Gasteiger partial charge in [0.05, 0.1) is 19.3 Å². The quantitative estimate of drug-likeness (QED) is 0.706. The molecular weight excluding hydrogens is 190 g/mol. The van der Waals surface area contributed by atoms with Gasteiger partial charge in [-0.05, 0) is 19.3 Å². The number of ether oxygens (including phenoxy) is 2. The molecule has 1 fully saturated rings. The van der Waals surface area contributed by atoms with Crippen molar-refractivity contribution in [2.75, 3.05) is 19.8 Å². The van der Waals surface area contributed by atoms with E-state index < -0.39 is 0 Å². The lowest BCUT2D eigenvalue weighted by Crippen LogP contribution is -2.37. The molecule has 1 aliphatic rings. The predicted octanol–water partition coefficient (Wildman–Crippen LogP) is 1.95. The predicted molar refractivity (Wildman–Crippen MR) is 61.8 cm³/mol. The van der Waals surface area contributed by atoms with E-state index >= 15 is 0 Å². The molecule has 2 N–H and O–H groups in total. The van der Waals surface area contributed by atoms with Crippen LogP contribution in [0.25, 0.3) is 0 Å². The molecule has 15 heavy (non-hydrogen) atoms. The highest BCUT2D eigenvalue weighted by Crippen LogP contribution is 2.15. The van der Waals surface area contributed by atoms with Crippen LogP contribution in [0, 0.1) is 5.92 Å². The number of hydrogen-bond donors (Lipinski definition) is 1. The molecule has 0 aromatic carbocycles. The molecule has 0 aromatic rings. The maximum absolute atomic E-state index is 6.07. The Bertz CT molecular complexity index is 158. The summed E-state index contributed by atoms with van der Waals surface area (Å²) in [6, 6.07) is 0.197. The van der Waals surface area contributed by atoms with Gasteiger partial charge < -0.3 is 15.2 Å². The zero-order valence-corrected chi connectivity index (χ0v) is 10.1. The van der Waals surface area contributed by atoms with Gasteiger partial charge >= 0.3 is 0 Å². The van der Waals surface area contributed by atoms with Crippen molar-refractivity contribution in [1.29, 1.82) is 0 Å². The van der Waals surface area contributed by atoms with Crippen molar-refractivity contribution in [3.05, 3.63) is 0 Å². The third kappa shape index (κ3) is 4.49. The molecule has 0 aliphatic carbocycles. The third-order valence-corrected chi connectivity index (χ3v) is 3.07. The topological polar surface area (TPSA) is 44.5 Å². The van der Waals surface area contributed by atoms with Crippen LogP contribution in [0.1, 0.15) is 39.5 Å². The van der Waals surface area contributed by atoms with Gasteiger partial charge in [0.15, 0.2) is 0 Å². The summed E-state index contributed by atoms with van der Waals surface area (Å²) in [4.78, 5) is 0. The normalized spacial score (nSPS) is 25.4. The van der Waals surface area contributed by atoms with Gasteiger partial charge in [0.1, 0.15) is 0 Å². The Balaban J connectivity index is 2.19. The molecule has 3 atom stereocenters. The zero-order chi connectivity index (χ0) is 11.1.